The molecule has 2 aromatic rings. The van der Waals surface area contributed by atoms with Gasteiger partial charge in [0, 0.05) is 18.0 Å². The summed E-state index contributed by atoms with van der Waals surface area (Å²) >= 11 is 1.70. The van der Waals surface area contributed by atoms with Crippen LogP contribution in [0.25, 0.3) is 0 Å². The molecule has 1 aromatic heterocycles. The van der Waals surface area contributed by atoms with Gasteiger partial charge in [-0.05, 0) is 49.4 Å². The second-order valence-corrected chi connectivity index (χ2v) is 6.15. The summed E-state index contributed by atoms with van der Waals surface area (Å²) in [5.41, 5.74) is 1.05. The highest BCUT2D eigenvalue weighted by atomic mass is 32.1. The standard InChI is InChI=1S/C18H23NO2S/c1-4-19(5-2)18(20)17(13-16-7-6-12-22-16)14-8-10-15(21-3)11-9-14/h6-12,17H,4-5,13H2,1-3H3. The van der Waals surface area contributed by atoms with Crippen molar-refractivity contribution in [1.82, 2.24) is 4.90 Å². The first-order chi connectivity index (χ1) is 10.7. The van der Waals surface area contributed by atoms with Gasteiger partial charge in [-0.3, -0.25) is 4.79 Å². The smallest absolute Gasteiger partial charge is 0.230 e. The van der Waals surface area contributed by atoms with Gasteiger partial charge in [-0.15, -0.1) is 11.3 Å². The fourth-order valence-corrected chi connectivity index (χ4v) is 3.32. The normalized spacial score (nSPS) is 12.0. The number of amides is 1. The van der Waals surface area contributed by atoms with Crippen LogP contribution < -0.4 is 4.74 Å². The number of benzene rings is 1. The van der Waals surface area contributed by atoms with Gasteiger partial charge in [-0.1, -0.05) is 18.2 Å². The van der Waals surface area contributed by atoms with E-state index >= 15 is 0 Å². The molecule has 1 heterocycles. The largest absolute Gasteiger partial charge is 0.497 e. The van der Waals surface area contributed by atoms with E-state index in [1.165, 1.54) is 4.88 Å². The summed E-state index contributed by atoms with van der Waals surface area (Å²) in [5.74, 6) is 0.877. The van der Waals surface area contributed by atoms with Gasteiger partial charge in [0.05, 0.1) is 13.0 Å². The van der Waals surface area contributed by atoms with Crippen molar-refractivity contribution < 1.29 is 9.53 Å². The molecular formula is C18H23NO2S. The van der Waals surface area contributed by atoms with Crippen molar-refractivity contribution in [3.63, 3.8) is 0 Å². The van der Waals surface area contributed by atoms with Gasteiger partial charge in [0.2, 0.25) is 5.91 Å². The van der Waals surface area contributed by atoms with Crippen LogP contribution in [0.15, 0.2) is 41.8 Å². The average Bonchev–Trinajstić information content (AvgIpc) is 3.07. The first-order valence-corrected chi connectivity index (χ1v) is 8.52. The Balaban J connectivity index is 2.28. The first kappa shape index (κ1) is 16.6. The van der Waals surface area contributed by atoms with E-state index in [9.17, 15) is 4.79 Å². The van der Waals surface area contributed by atoms with E-state index in [2.05, 4.69) is 11.4 Å². The van der Waals surface area contributed by atoms with Crippen LogP contribution in [-0.4, -0.2) is 31.0 Å². The van der Waals surface area contributed by atoms with E-state index in [0.717, 1.165) is 30.8 Å². The summed E-state index contributed by atoms with van der Waals surface area (Å²) in [7, 11) is 1.65. The third kappa shape index (κ3) is 3.89. The van der Waals surface area contributed by atoms with Crippen molar-refractivity contribution in [3.05, 3.63) is 52.2 Å². The van der Waals surface area contributed by atoms with E-state index in [4.69, 9.17) is 4.74 Å². The molecule has 0 N–H and O–H groups in total. The highest BCUT2D eigenvalue weighted by Gasteiger charge is 2.25. The lowest BCUT2D eigenvalue weighted by Gasteiger charge is -2.25. The van der Waals surface area contributed by atoms with Gasteiger partial charge < -0.3 is 9.64 Å². The number of hydrogen-bond donors (Lipinski definition) is 0. The zero-order valence-electron chi connectivity index (χ0n) is 13.4. The number of nitrogens with zero attached hydrogens (tertiary/aromatic N) is 1. The number of methoxy groups -OCH3 is 1. The van der Waals surface area contributed by atoms with E-state index in [1.54, 1.807) is 18.4 Å². The van der Waals surface area contributed by atoms with Crippen molar-refractivity contribution in [2.24, 2.45) is 0 Å². The van der Waals surface area contributed by atoms with Crippen LogP contribution in [0.4, 0.5) is 0 Å². The lowest BCUT2D eigenvalue weighted by Crippen LogP contribution is -2.35. The van der Waals surface area contributed by atoms with Gasteiger partial charge in [0.1, 0.15) is 5.75 Å². The van der Waals surface area contributed by atoms with Gasteiger partial charge in [-0.2, -0.15) is 0 Å². The molecule has 1 amide bonds. The molecule has 0 aliphatic rings. The maximum Gasteiger partial charge on any atom is 0.230 e. The number of rotatable bonds is 7. The van der Waals surface area contributed by atoms with Crippen LogP contribution in [-0.2, 0) is 11.2 Å². The number of thiophene rings is 1. The van der Waals surface area contributed by atoms with Gasteiger partial charge in [0.25, 0.3) is 0 Å². The molecule has 0 fully saturated rings. The molecule has 3 nitrogen and oxygen atoms in total. The number of carbonyl (C=O) groups excluding carboxylic acids is 1. The third-order valence-electron chi connectivity index (χ3n) is 3.88. The summed E-state index contributed by atoms with van der Waals surface area (Å²) in [6.45, 7) is 5.54. The minimum atomic E-state index is -0.135. The SMILES string of the molecule is CCN(CC)C(=O)C(Cc1cccs1)c1ccc(OC)cc1. The van der Waals surface area contributed by atoms with Crippen LogP contribution in [0.5, 0.6) is 5.75 Å². The van der Waals surface area contributed by atoms with Crippen molar-refractivity contribution in [2.45, 2.75) is 26.2 Å². The fourth-order valence-electron chi connectivity index (χ4n) is 2.57. The molecular weight excluding hydrogens is 294 g/mol. The first-order valence-electron chi connectivity index (χ1n) is 7.64. The predicted molar refractivity (Wildman–Crippen MR) is 91.7 cm³/mol. The van der Waals surface area contributed by atoms with Crippen LogP contribution in [0, 0.1) is 0 Å². The van der Waals surface area contributed by atoms with Crippen molar-refractivity contribution in [1.29, 1.82) is 0 Å². The summed E-state index contributed by atoms with van der Waals surface area (Å²) in [6, 6.07) is 12.0. The second-order valence-electron chi connectivity index (χ2n) is 5.12. The minimum absolute atomic E-state index is 0.135. The Bertz CT molecular complexity index is 574. The highest BCUT2D eigenvalue weighted by Crippen LogP contribution is 2.27. The Hall–Kier alpha value is -1.81. The van der Waals surface area contributed by atoms with E-state index < -0.39 is 0 Å². The molecule has 1 aromatic carbocycles. The maximum atomic E-state index is 12.9. The quantitative estimate of drug-likeness (QED) is 0.774. The van der Waals surface area contributed by atoms with Crippen LogP contribution in [0.1, 0.15) is 30.2 Å². The lowest BCUT2D eigenvalue weighted by atomic mass is 9.93. The predicted octanol–water partition coefficient (Wildman–Crippen LogP) is 3.95. The van der Waals surface area contributed by atoms with Crippen molar-refractivity contribution in [2.75, 3.05) is 20.2 Å². The monoisotopic (exact) mass is 317 g/mol. The molecule has 4 heteroatoms. The molecule has 1 unspecified atom stereocenters. The molecule has 0 aliphatic carbocycles. The molecule has 1 atom stereocenters. The minimum Gasteiger partial charge on any atom is -0.497 e. The van der Waals surface area contributed by atoms with E-state index in [-0.39, 0.29) is 11.8 Å². The molecule has 0 saturated carbocycles. The zero-order chi connectivity index (χ0) is 15.9. The Kier molecular flexibility index (Phi) is 6.01. The molecule has 118 valence electrons. The summed E-state index contributed by atoms with van der Waals surface area (Å²) in [5, 5.41) is 2.06. The Morgan fingerprint density at radius 3 is 2.36 bits per heavy atom. The maximum absolute atomic E-state index is 12.9. The van der Waals surface area contributed by atoms with Crippen LogP contribution in [0.3, 0.4) is 0 Å². The zero-order valence-corrected chi connectivity index (χ0v) is 14.2. The highest BCUT2D eigenvalue weighted by molar-refractivity contribution is 7.09. The molecule has 0 saturated heterocycles. The topological polar surface area (TPSA) is 29.5 Å². The molecule has 0 bridgehead atoms. The van der Waals surface area contributed by atoms with Crippen molar-refractivity contribution >= 4 is 17.2 Å². The Labute approximate surface area is 136 Å². The summed E-state index contributed by atoms with van der Waals surface area (Å²) in [6.07, 6.45) is 0.749. The summed E-state index contributed by atoms with van der Waals surface area (Å²) in [4.78, 5) is 16.0. The van der Waals surface area contributed by atoms with Crippen molar-refractivity contribution in [3.8, 4) is 5.75 Å². The lowest BCUT2D eigenvalue weighted by molar-refractivity contribution is -0.132. The second kappa shape index (κ2) is 7.99. The number of likely N-dealkylation sites (N-methyl/N-ethyl adjacent to an activating group) is 1. The number of carbonyl (C=O) groups is 1. The van der Waals surface area contributed by atoms with E-state index in [1.807, 2.05) is 49.1 Å². The molecule has 0 spiro atoms. The van der Waals surface area contributed by atoms with Gasteiger partial charge in [-0.25, -0.2) is 0 Å². The van der Waals surface area contributed by atoms with Crippen LogP contribution >= 0.6 is 11.3 Å². The average molecular weight is 317 g/mol. The molecule has 0 aliphatic heterocycles. The molecule has 2 rings (SSSR count). The van der Waals surface area contributed by atoms with E-state index in [0.29, 0.717) is 0 Å². The van der Waals surface area contributed by atoms with Gasteiger partial charge >= 0.3 is 0 Å². The summed E-state index contributed by atoms with van der Waals surface area (Å²) < 4.78 is 5.21. The Morgan fingerprint density at radius 1 is 1.18 bits per heavy atom. The Morgan fingerprint density at radius 2 is 1.86 bits per heavy atom. The third-order valence-corrected chi connectivity index (χ3v) is 4.78. The fraction of sp³-hybridized carbons (Fsp3) is 0.389. The molecule has 0 radical (unpaired) electrons. The molecule has 22 heavy (non-hydrogen) atoms. The van der Waals surface area contributed by atoms with Crippen LogP contribution in [0.2, 0.25) is 0 Å². The number of hydrogen-bond acceptors (Lipinski definition) is 3. The number of ether oxygens (including phenoxy) is 1. The van der Waals surface area contributed by atoms with Gasteiger partial charge in [0.15, 0.2) is 0 Å².